The van der Waals surface area contributed by atoms with E-state index in [9.17, 15) is 0 Å². The summed E-state index contributed by atoms with van der Waals surface area (Å²) >= 11 is 0. The maximum absolute atomic E-state index is 5.75. The van der Waals surface area contributed by atoms with Crippen LogP contribution in [0, 0.1) is 5.92 Å². The van der Waals surface area contributed by atoms with Crippen LogP contribution in [0.15, 0.2) is 18.2 Å². The third kappa shape index (κ3) is 2.41. The van der Waals surface area contributed by atoms with E-state index in [1.54, 1.807) is 0 Å². The molecular weight excluding hydrogens is 244 g/mol. The molecule has 0 aliphatic carbocycles. The lowest BCUT2D eigenvalue weighted by atomic mass is 9.88. The van der Waals surface area contributed by atoms with Gasteiger partial charge in [0.2, 0.25) is 0 Å². The number of hydrogen-bond donors (Lipinski definition) is 2. The summed E-state index contributed by atoms with van der Waals surface area (Å²) in [7, 11) is 0. The van der Waals surface area contributed by atoms with Gasteiger partial charge in [-0.25, -0.2) is 0 Å². The van der Waals surface area contributed by atoms with Gasteiger partial charge in [-0.2, -0.15) is 0 Å². The van der Waals surface area contributed by atoms with Crippen LogP contribution in [0.3, 0.4) is 0 Å². The highest BCUT2D eigenvalue weighted by Crippen LogP contribution is 2.37. The van der Waals surface area contributed by atoms with Crippen molar-refractivity contribution in [1.29, 1.82) is 0 Å². The van der Waals surface area contributed by atoms with Gasteiger partial charge in [-0.15, -0.1) is 0 Å². The Morgan fingerprint density at radius 1 is 1.21 bits per heavy atom. The molecule has 3 N–H and O–H groups in total. The van der Waals surface area contributed by atoms with Crippen LogP contribution >= 0.6 is 0 Å². The maximum atomic E-state index is 5.75. The molecule has 5 nitrogen and oxygen atoms in total. The smallest absolute Gasteiger partial charge is 0.161 e. The molecule has 3 atom stereocenters. The van der Waals surface area contributed by atoms with Crippen molar-refractivity contribution in [2.45, 2.75) is 25.5 Å². The monoisotopic (exact) mass is 264 g/mol. The number of hydrazine groups is 1. The van der Waals surface area contributed by atoms with E-state index in [4.69, 9.17) is 20.1 Å². The zero-order valence-electron chi connectivity index (χ0n) is 11.1. The van der Waals surface area contributed by atoms with E-state index in [2.05, 4.69) is 12.3 Å². The van der Waals surface area contributed by atoms with Crippen molar-refractivity contribution in [1.82, 2.24) is 5.43 Å². The summed E-state index contributed by atoms with van der Waals surface area (Å²) in [4.78, 5) is 0. The van der Waals surface area contributed by atoms with E-state index >= 15 is 0 Å². The molecule has 0 saturated carbocycles. The number of nitrogens with one attached hydrogen (secondary N) is 1. The molecule has 0 amide bonds. The summed E-state index contributed by atoms with van der Waals surface area (Å²) in [5.74, 6) is 7.74. The van der Waals surface area contributed by atoms with Crippen LogP contribution in [0.5, 0.6) is 11.5 Å². The average Bonchev–Trinajstić information content (AvgIpc) is 2.86. The Hall–Kier alpha value is -1.30. The number of rotatable bonds is 3. The summed E-state index contributed by atoms with van der Waals surface area (Å²) in [5.41, 5.74) is 4.04. The van der Waals surface area contributed by atoms with Crippen molar-refractivity contribution < 1.29 is 14.2 Å². The first-order valence-corrected chi connectivity index (χ1v) is 6.77. The van der Waals surface area contributed by atoms with Crippen LogP contribution in [0.25, 0.3) is 0 Å². The van der Waals surface area contributed by atoms with Crippen LogP contribution in [-0.2, 0) is 4.74 Å². The van der Waals surface area contributed by atoms with E-state index in [0.717, 1.165) is 30.1 Å². The zero-order chi connectivity index (χ0) is 13.2. The highest BCUT2D eigenvalue weighted by molar-refractivity contribution is 5.44. The minimum Gasteiger partial charge on any atom is -0.486 e. The molecule has 2 aliphatic rings. The minimum absolute atomic E-state index is 0.0772. The molecule has 0 bridgehead atoms. The summed E-state index contributed by atoms with van der Waals surface area (Å²) in [5, 5.41) is 0. The van der Waals surface area contributed by atoms with Gasteiger partial charge in [-0.05, 0) is 31.0 Å². The zero-order valence-corrected chi connectivity index (χ0v) is 11.1. The lowest BCUT2D eigenvalue weighted by Gasteiger charge is -2.27. The predicted molar refractivity (Wildman–Crippen MR) is 71.0 cm³/mol. The fourth-order valence-corrected chi connectivity index (χ4v) is 2.91. The number of ether oxygens (including phenoxy) is 3. The Labute approximate surface area is 113 Å². The van der Waals surface area contributed by atoms with Gasteiger partial charge in [0.05, 0.1) is 12.1 Å². The van der Waals surface area contributed by atoms with Gasteiger partial charge in [0.25, 0.3) is 0 Å². The first-order valence-electron chi connectivity index (χ1n) is 6.77. The number of nitrogens with two attached hydrogens (primary N) is 1. The van der Waals surface area contributed by atoms with Crippen molar-refractivity contribution in [3.8, 4) is 11.5 Å². The molecule has 1 aromatic carbocycles. The first kappa shape index (κ1) is 12.7. The van der Waals surface area contributed by atoms with E-state index in [-0.39, 0.29) is 12.1 Å². The lowest BCUT2D eigenvalue weighted by Crippen LogP contribution is -2.36. The van der Waals surface area contributed by atoms with Gasteiger partial charge in [-0.1, -0.05) is 6.07 Å². The second-order valence-electron chi connectivity index (χ2n) is 5.08. The van der Waals surface area contributed by atoms with Crippen LogP contribution in [0.2, 0.25) is 0 Å². The largest absolute Gasteiger partial charge is 0.486 e. The molecule has 3 rings (SSSR count). The van der Waals surface area contributed by atoms with E-state index in [1.165, 1.54) is 0 Å². The summed E-state index contributed by atoms with van der Waals surface area (Å²) in [6, 6.07) is 6.09. The quantitative estimate of drug-likeness (QED) is 0.638. The molecule has 2 aliphatic heterocycles. The first-order chi connectivity index (χ1) is 9.29. The Bertz CT molecular complexity index is 452. The molecule has 1 aromatic rings. The Morgan fingerprint density at radius 2 is 2.00 bits per heavy atom. The molecule has 1 saturated heterocycles. The van der Waals surface area contributed by atoms with Crippen molar-refractivity contribution in [2.75, 3.05) is 19.8 Å². The standard InChI is InChI=1S/C14H20N2O3/c1-9-11(4-5-17-9)14(16-15)10-2-3-12-13(8-10)19-7-6-18-12/h2-3,8-9,11,14,16H,4-7,15H2,1H3. The number of benzene rings is 1. The van der Waals surface area contributed by atoms with Gasteiger partial charge >= 0.3 is 0 Å². The summed E-state index contributed by atoms with van der Waals surface area (Å²) in [6.45, 7) is 4.10. The summed E-state index contributed by atoms with van der Waals surface area (Å²) < 4.78 is 16.8. The Kier molecular flexibility index (Phi) is 3.59. The second kappa shape index (κ2) is 5.36. The third-order valence-corrected chi connectivity index (χ3v) is 3.97. The molecule has 0 aromatic heterocycles. The fraction of sp³-hybridized carbons (Fsp3) is 0.571. The highest BCUT2D eigenvalue weighted by atomic mass is 16.6. The van der Waals surface area contributed by atoms with Crippen molar-refractivity contribution in [3.63, 3.8) is 0 Å². The summed E-state index contributed by atoms with van der Waals surface area (Å²) in [6.07, 6.45) is 1.24. The van der Waals surface area contributed by atoms with Gasteiger partial charge in [0.1, 0.15) is 13.2 Å². The molecule has 104 valence electrons. The molecule has 0 radical (unpaired) electrons. The van der Waals surface area contributed by atoms with Crippen LogP contribution in [0.1, 0.15) is 24.9 Å². The van der Waals surface area contributed by atoms with Gasteiger partial charge in [0.15, 0.2) is 11.5 Å². The van der Waals surface area contributed by atoms with Crippen LogP contribution < -0.4 is 20.7 Å². The second-order valence-corrected chi connectivity index (χ2v) is 5.08. The molecule has 19 heavy (non-hydrogen) atoms. The van der Waals surface area contributed by atoms with Crippen molar-refractivity contribution in [3.05, 3.63) is 23.8 Å². The molecule has 5 heteroatoms. The van der Waals surface area contributed by atoms with Crippen LogP contribution in [-0.4, -0.2) is 25.9 Å². The molecular formula is C14H20N2O3. The maximum Gasteiger partial charge on any atom is 0.161 e. The van der Waals surface area contributed by atoms with E-state index < -0.39 is 0 Å². The van der Waals surface area contributed by atoms with Crippen molar-refractivity contribution >= 4 is 0 Å². The van der Waals surface area contributed by atoms with E-state index in [1.807, 2.05) is 18.2 Å². The number of hydrogen-bond acceptors (Lipinski definition) is 5. The molecule has 3 unspecified atom stereocenters. The third-order valence-electron chi connectivity index (χ3n) is 3.97. The van der Waals surface area contributed by atoms with Gasteiger partial charge in [-0.3, -0.25) is 11.3 Å². The lowest BCUT2D eigenvalue weighted by molar-refractivity contribution is 0.0952. The SMILES string of the molecule is CC1OCCC1C(NN)c1ccc2c(c1)OCCO2. The van der Waals surface area contributed by atoms with Gasteiger partial charge in [0, 0.05) is 12.5 Å². The Balaban J connectivity index is 1.86. The van der Waals surface area contributed by atoms with Gasteiger partial charge < -0.3 is 14.2 Å². The van der Waals surface area contributed by atoms with Crippen LogP contribution in [0.4, 0.5) is 0 Å². The molecule has 0 spiro atoms. The average molecular weight is 264 g/mol. The fourth-order valence-electron chi connectivity index (χ4n) is 2.91. The minimum atomic E-state index is 0.0772. The predicted octanol–water partition coefficient (Wildman–Crippen LogP) is 1.39. The topological polar surface area (TPSA) is 65.7 Å². The molecule has 2 heterocycles. The molecule has 1 fully saturated rings. The van der Waals surface area contributed by atoms with E-state index in [0.29, 0.717) is 19.1 Å². The number of fused-ring (bicyclic) bond motifs is 1. The highest BCUT2D eigenvalue weighted by Gasteiger charge is 2.32. The Morgan fingerprint density at radius 3 is 2.68 bits per heavy atom. The van der Waals surface area contributed by atoms with Crippen molar-refractivity contribution in [2.24, 2.45) is 11.8 Å². The normalized spacial score (nSPS) is 27.3.